The molecule has 140 valence electrons. The van der Waals surface area contributed by atoms with Crippen molar-refractivity contribution in [3.05, 3.63) is 70.9 Å². The molecule has 1 heterocycles. The number of aromatic nitrogens is 2. The van der Waals surface area contributed by atoms with Gasteiger partial charge in [-0.2, -0.15) is 4.98 Å². The van der Waals surface area contributed by atoms with Gasteiger partial charge in [0.1, 0.15) is 11.0 Å². The molecule has 0 aliphatic rings. The Bertz CT molecular complexity index is 885. The van der Waals surface area contributed by atoms with Crippen LogP contribution in [0.2, 0.25) is 5.15 Å². The van der Waals surface area contributed by atoms with Crippen molar-refractivity contribution in [1.82, 2.24) is 9.97 Å². The van der Waals surface area contributed by atoms with Gasteiger partial charge in [-0.15, -0.1) is 0 Å². The second kappa shape index (κ2) is 8.60. The fourth-order valence-electron chi connectivity index (χ4n) is 2.87. The van der Waals surface area contributed by atoms with Gasteiger partial charge < -0.3 is 20.5 Å². The maximum Gasteiger partial charge on any atom is 0.223 e. The van der Waals surface area contributed by atoms with E-state index in [1.807, 2.05) is 36.4 Å². The van der Waals surface area contributed by atoms with Crippen molar-refractivity contribution in [1.29, 1.82) is 0 Å². The summed E-state index contributed by atoms with van der Waals surface area (Å²) in [7, 11) is 3.25. The largest absolute Gasteiger partial charge is 0.493 e. The van der Waals surface area contributed by atoms with Crippen LogP contribution in [0.4, 0.5) is 11.8 Å². The fraction of sp³-hybridized carbons (Fsp3) is 0.200. The monoisotopic (exact) mass is 384 g/mol. The van der Waals surface area contributed by atoms with Gasteiger partial charge in [0, 0.05) is 6.07 Å². The van der Waals surface area contributed by atoms with Gasteiger partial charge in [0.05, 0.1) is 20.3 Å². The third-order valence-corrected chi connectivity index (χ3v) is 4.32. The smallest absolute Gasteiger partial charge is 0.223 e. The van der Waals surface area contributed by atoms with Crippen molar-refractivity contribution < 1.29 is 9.47 Å². The van der Waals surface area contributed by atoms with Crippen molar-refractivity contribution in [2.45, 2.75) is 12.5 Å². The number of halogens is 1. The van der Waals surface area contributed by atoms with Crippen LogP contribution in [-0.4, -0.2) is 24.2 Å². The van der Waals surface area contributed by atoms with Gasteiger partial charge in [0.15, 0.2) is 11.5 Å². The summed E-state index contributed by atoms with van der Waals surface area (Å²) in [5, 5.41) is 3.70. The van der Waals surface area contributed by atoms with Crippen molar-refractivity contribution in [3.63, 3.8) is 0 Å². The molecule has 3 N–H and O–H groups in total. The van der Waals surface area contributed by atoms with E-state index in [1.165, 1.54) is 0 Å². The zero-order valence-electron chi connectivity index (χ0n) is 15.1. The number of ether oxygens (including phenoxy) is 2. The van der Waals surface area contributed by atoms with Gasteiger partial charge in [-0.3, -0.25) is 0 Å². The molecule has 1 unspecified atom stereocenters. The van der Waals surface area contributed by atoms with E-state index >= 15 is 0 Å². The van der Waals surface area contributed by atoms with Gasteiger partial charge in [-0.25, -0.2) is 4.98 Å². The van der Waals surface area contributed by atoms with Gasteiger partial charge in [0.25, 0.3) is 0 Å². The molecule has 27 heavy (non-hydrogen) atoms. The summed E-state index contributed by atoms with van der Waals surface area (Å²) in [5.74, 6) is 2.08. The Hall–Kier alpha value is -2.99. The molecule has 3 rings (SSSR count). The molecule has 0 spiro atoms. The van der Waals surface area contributed by atoms with Crippen LogP contribution in [0.5, 0.6) is 11.5 Å². The van der Waals surface area contributed by atoms with E-state index < -0.39 is 0 Å². The molecular formula is C20H21ClN4O2. The molecule has 1 atom stereocenters. The SMILES string of the molecule is COc1ccc(CC(Nc2cc(Cl)nc(N)n2)c2ccccc2)cc1OC. The van der Waals surface area contributed by atoms with Crippen LogP contribution in [0.1, 0.15) is 17.2 Å². The quantitative estimate of drug-likeness (QED) is 0.596. The molecule has 0 fully saturated rings. The molecule has 2 aromatic carbocycles. The summed E-state index contributed by atoms with van der Waals surface area (Å²) in [4.78, 5) is 8.13. The van der Waals surface area contributed by atoms with E-state index in [0.29, 0.717) is 28.9 Å². The minimum Gasteiger partial charge on any atom is -0.493 e. The zero-order valence-corrected chi connectivity index (χ0v) is 15.9. The fourth-order valence-corrected chi connectivity index (χ4v) is 3.06. The van der Waals surface area contributed by atoms with E-state index in [0.717, 1.165) is 11.1 Å². The van der Waals surface area contributed by atoms with Crippen molar-refractivity contribution in [2.24, 2.45) is 0 Å². The first-order valence-electron chi connectivity index (χ1n) is 8.41. The number of anilines is 2. The Balaban J connectivity index is 1.91. The van der Waals surface area contributed by atoms with Crippen LogP contribution in [0.3, 0.4) is 0 Å². The molecule has 0 saturated carbocycles. The van der Waals surface area contributed by atoms with E-state index in [2.05, 4.69) is 27.4 Å². The van der Waals surface area contributed by atoms with Gasteiger partial charge >= 0.3 is 0 Å². The Kier molecular flexibility index (Phi) is 5.98. The molecule has 7 heteroatoms. The number of methoxy groups -OCH3 is 2. The first-order chi connectivity index (χ1) is 13.1. The highest BCUT2D eigenvalue weighted by molar-refractivity contribution is 6.29. The lowest BCUT2D eigenvalue weighted by Gasteiger charge is -2.21. The number of nitrogens with zero attached hydrogens (tertiary/aromatic N) is 2. The van der Waals surface area contributed by atoms with E-state index in [4.69, 9.17) is 26.8 Å². The number of nitrogens with one attached hydrogen (secondary N) is 1. The van der Waals surface area contributed by atoms with Gasteiger partial charge in [-0.05, 0) is 29.7 Å². The number of hydrogen-bond acceptors (Lipinski definition) is 6. The third kappa shape index (κ3) is 4.80. The number of nitrogens with two attached hydrogens (primary N) is 1. The predicted molar refractivity (Wildman–Crippen MR) is 108 cm³/mol. The van der Waals surface area contributed by atoms with Gasteiger partial charge in [0.2, 0.25) is 5.95 Å². The molecule has 0 amide bonds. The molecule has 0 bridgehead atoms. The lowest BCUT2D eigenvalue weighted by molar-refractivity contribution is 0.354. The highest BCUT2D eigenvalue weighted by Crippen LogP contribution is 2.30. The topological polar surface area (TPSA) is 82.3 Å². The highest BCUT2D eigenvalue weighted by atomic mass is 35.5. The maximum atomic E-state index is 6.01. The summed E-state index contributed by atoms with van der Waals surface area (Å²) < 4.78 is 10.7. The predicted octanol–water partition coefficient (Wildman–Crippen LogP) is 4.13. The average molecular weight is 385 g/mol. The third-order valence-electron chi connectivity index (χ3n) is 4.12. The second-order valence-electron chi connectivity index (χ2n) is 5.94. The number of benzene rings is 2. The summed E-state index contributed by atoms with van der Waals surface area (Å²) in [5.41, 5.74) is 7.92. The Labute approximate surface area is 163 Å². The molecule has 6 nitrogen and oxygen atoms in total. The lowest BCUT2D eigenvalue weighted by atomic mass is 9.98. The summed E-state index contributed by atoms with van der Waals surface area (Å²) in [6.45, 7) is 0. The first kappa shape index (κ1) is 18.8. The maximum absolute atomic E-state index is 6.01. The minimum atomic E-state index is -0.0466. The molecule has 3 aromatic rings. The summed E-state index contributed by atoms with van der Waals surface area (Å²) >= 11 is 6.01. The molecule has 0 aliphatic heterocycles. The average Bonchev–Trinajstić information content (AvgIpc) is 2.67. The zero-order chi connectivity index (χ0) is 19.2. The molecule has 1 aromatic heterocycles. The number of nitrogen functional groups attached to an aromatic ring is 1. The van der Waals surface area contributed by atoms with E-state index in [-0.39, 0.29) is 12.0 Å². The molecular weight excluding hydrogens is 364 g/mol. The van der Waals surface area contributed by atoms with Crippen LogP contribution in [0.15, 0.2) is 54.6 Å². The molecule has 0 saturated heterocycles. The van der Waals surface area contributed by atoms with Crippen molar-refractivity contribution >= 4 is 23.4 Å². The summed E-state index contributed by atoms with van der Waals surface area (Å²) in [6, 6.07) is 17.6. The van der Waals surface area contributed by atoms with Crippen LogP contribution in [0.25, 0.3) is 0 Å². The number of hydrogen-bond donors (Lipinski definition) is 2. The normalized spacial score (nSPS) is 11.7. The standard InChI is InChI=1S/C20H21ClN4O2/c1-26-16-9-8-13(11-17(16)27-2)10-15(14-6-4-3-5-7-14)23-19-12-18(21)24-20(22)25-19/h3-9,11-12,15H,10H2,1-2H3,(H3,22,23,24,25). The second-order valence-corrected chi connectivity index (χ2v) is 6.32. The van der Waals surface area contributed by atoms with Crippen LogP contribution < -0.4 is 20.5 Å². The van der Waals surface area contributed by atoms with E-state index in [9.17, 15) is 0 Å². The lowest BCUT2D eigenvalue weighted by Crippen LogP contribution is -2.15. The number of rotatable bonds is 7. The Morgan fingerprint density at radius 3 is 2.41 bits per heavy atom. The van der Waals surface area contributed by atoms with Crippen LogP contribution in [-0.2, 0) is 6.42 Å². The van der Waals surface area contributed by atoms with Crippen LogP contribution >= 0.6 is 11.6 Å². The Morgan fingerprint density at radius 2 is 1.74 bits per heavy atom. The molecule has 0 aliphatic carbocycles. The molecule has 0 radical (unpaired) electrons. The van der Waals surface area contributed by atoms with Crippen molar-refractivity contribution in [3.8, 4) is 11.5 Å². The highest BCUT2D eigenvalue weighted by Gasteiger charge is 2.15. The van der Waals surface area contributed by atoms with Crippen molar-refractivity contribution in [2.75, 3.05) is 25.3 Å². The Morgan fingerprint density at radius 1 is 1.00 bits per heavy atom. The van der Waals surface area contributed by atoms with E-state index in [1.54, 1.807) is 20.3 Å². The minimum absolute atomic E-state index is 0.0466. The summed E-state index contributed by atoms with van der Waals surface area (Å²) in [6.07, 6.45) is 0.700. The van der Waals surface area contributed by atoms with Crippen LogP contribution in [0, 0.1) is 0 Å². The van der Waals surface area contributed by atoms with Gasteiger partial charge in [-0.1, -0.05) is 48.0 Å². The first-order valence-corrected chi connectivity index (χ1v) is 8.79.